The first-order chi connectivity index (χ1) is 9.84. The molecule has 2 N–H and O–H groups in total. The van der Waals surface area contributed by atoms with E-state index in [4.69, 9.17) is 10.5 Å². The van der Waals surface area contributed by atoms with Crippen molar-refractivity contribution in [2.45, 2.75) is 44.8 Å². The number of hydrogen-bond donors (Lipinski definition) is 1. The van der Waals surface area contributed by atoms with Gasteiger partial charge in [0, 0.05) is 33.8 Å². The third kappa shape index (κ3) is 2.83. The highest BCUT2D eigenvalue weighted by molar-refractivity contribution is 7.12. The number of nitrogens with two attached hydrogens (primary N) is 1. The van der Waals surface area contributed by atoms with Crippen molar-refractivity contribution in [3.05, 3.63) is 51.5 Å². The van der Waals surface area contributed by atoms with Crippen molar-refractivity contribution in [2.75, 3.05) is 0 Å². The maximum Gasteiger partial charge on any atom is 0.135 e. The zero-order chi connectivity index (χ0) is 15.2. The highest BCUT2D eigenvalue weighted by Crippen LogP contribution is 2.42. The lowest BCUT2D eigenvalue weighted by Crippen LogP contribution is -2.23. The van der Waals surface area contributed by atoms with Gasteiger partial charge in [0.05, 0.1) is 0 Å². The first-order valence-electron chi connectivity index (χ1n) is 7.16. The third-order valence-corrected chi connectivity index (χ3v) is 5.40. The number of ether oxygens (including phenoxy) is 1. The number of hydrogen-bond acceptors (Lipinski definition) is 3. The summed E-state index contributed by atoms with van der Waals surface area (Å²) in [5.41, 5.74) is 7.24. The summed E-state index contributed by atoms with van der Waals surface area (Å²) in [6.45, 7) is 6.59. The molecule has 1 aliphatic heterocycles. The average molecular weight is 305 g/mol. The lowest BCUT2D eigenvalue weighted by Gasteiger charge is -2.29. The fourth-order valence-electron chi connectivity index (χ4n) is 2.58. The van der Waals surface area contributed by atoms with Crippen LogP contribution in [0.1, 0.15) is 54.7 Å². The van der Waals surface area contributed by atoms with Gasteiger partial charge < -0.3 is 10.5 Å². The summed E-state index contributed by atoms with van der Waals surface area (Å²) >= 11 is 1.75. The fraction of sp³-hybridized carbons (Fsp3) is 0.412. The summed E-state index contributed by atoms with van der Waals surface area (Å²) in [7, 11) is 0. The Bertz CT molecular complexity index is 659. The zero-order valence-corrected chi connectivity index (χ0v) is 13.3. The molecule has 2 aromatic rings. The highest BCUT2D eigenvalue weighted by atomic mass is 32.1. The van der Waals surface area contributed by atoms with E-state index in [1.165, 1.54) is 17.0 Å². The Morgan fingerprint density at radius 3 is 2.67 bits per heavy atom. The van der Waals surface area contributed by atoms with Gasteiger partial charge >= 0.3 is 0 Å². The molecule has 1 aromatic carbocycles. The Balaban J connectivity index is 1.90. The van der Waals surface area contributed by atoms with Crippen LogP contribution in [0.3, 0.4) is 0 Å². The van der Waals surface area contributed by atoms with Gasteiger partial charge in [-0.15, -0.1) is 11.3 Å². The maximum atomic E-state index is 13.4. The molecule has 2 nitrogen and oxygen atoms in total. The molecule has 0 saturated heterocycles. The van der Waals surface area contributed by atoms with Crippen molar-refractivity contribution in [1.82, 2.24) is 0 Å². The molecule has 0 radical (unpaired) electrons. The van der Waals surface area contributed by atoms with E-state index in [-0.39, 0.29) is 23.4 Å². The SMILES string of the molecule is CC(C)(C)c1ccc(C2CC(N)c3ccc(F)cc3O2)s1. The van der Waals surface area contributed by atoms with Gasteiger partial charge in [0.1, 0.15) is 17.7 Å². The van der Waals surface area contributed by atoms with Crippen molar-refractivity contribution in [3.63, 3.8) is 0 Å². The largest absolute Gasteiger partial charge is 0.484 e. The molecular weight excluding hydrogens is 285 g/mol. The molecule has 2 heterocycles. The topological polar surface area (TPSA) is 35.2 Å². The second-order valence-corrected chi connectivity index (χ2v) is 7.70. The van der Waals surface area contributed by atoms with Gasteiger partial charge in [-0.2, -0.15) is 0 Å². The molecule has 112 valence electrons. The van der Waals surface area contributed by atoms with E-state index in [9.17, 15) is 4.39 Å². The monoisotopic (exact) mass is 305 g/mol. The molecule has 0 amide bonds. The van der Waals surface area contributed by atoms with E-state index in [2.05, 4.69) is 32.9 Å². The quantitative estimate of drug-likeness (QED) is 0.828. The van der Waals surface area contributed by atoms with Crippen LogP contribution >= 0.6 is 11.3 Å². The summed E-state index contributed by atoms with van der Waals surface area (Å²) < 4.78 is 19.4. The Morgan fingerprint density at radius 1 is 1.24 bits per heavy atom. The zero-order valence-electron chi connectivity index (χ0n) is 12.5. The molecule has 0 fully saturated rings. The molecule has 1 aliphatic rings. The number of rotatable bonds is 1. The Morgan fingerprint density at radius 2 is 2.00 bits per heavy atom. The first-order valence-corrected chi connectivity index (χ1v) is 7.98. The molecular formula is C17H20FNOS. The first kappa shape index (κ1) is 14.5. The Hall–Kier alpha value is -1.39. The van der Waals surface area contributed by atoms with Crippen LogP contribution < -0.4 is 10.5 Å². The van der Waals surface area contributed by atoms with Gasteiger partial charge in [0.15, 0.2) is 0 Å². The van der Waals surface area contributed by atoms with E-state index < -0.39 is 0 Å². The summed E-state index contributed by atoms with van der Waals surface area (Å²) in [6.07, 6.45) is 0.637. The van der Waals surface area contributed by atoms with E-state index in [0.717, 1.165) is 16.9 Å². The van der Waals surface area contributed by atoms with Crippen LogP contribution in [0.4, 0.5) is 4.39 Å². The number of benzene rings is 1. The van der Waals surface area contributed by atoms with E-state index in [0.29, 0.717) is 5.75 Å². The minimum absolute atomic E-state index is 0.0876. The maximum absolute atomic E-state index is 13.4. The molecule has 2 atom stereocenters. The van der Waals surface area contributed by atoms with Gasteiger partial charge in [-0.3, -0.25) is 0 Å². The second-order valence-electron chi connectivity index (χ2n) is 6.58. The third-order valence-electron chi connectivity index (χ3n) is 3.80. The summed E-state index contributed by atoms with van der Waals surface area (Å²) in [6, 6.07) is 8.73. The van der Waals surface area contributed by atoms with Crippen molar-refractivity contribution < 1.29 is 9.13 Å². The van der Waals surface area contributed by atoms with Crippen LogP contribution in [-0.4, -0.2) is 0 Å². The van der Waals surface area contributed by atoms with Crippen molar-refractivity contribution in [2.24, 2.45) is 5.73 Å². The van der Waals surface area contributed by atoms with Gasteiger partial charge in [-0.05, 0) is 23.6 Å². The molecule has 4 heteroatoms. The summed E-state index contributed by atoms with van der Waals surface area (Å²) in [4.78, 5) is 2.48. The molecule has 0 spiro atoms. The second kappa shape index (κ2) is 5.11. The lowest BCUT2D eigenvalue weighted by molar-refractivity contribution is 0.164. The van der Waals surface area contributed by atoms with Crippen LogP contribution in [0.2, 0.25) is 0 Å². The van der Waals surface area contributed by atoms with Gasteiger partial charge in [0.25, 0.3) is 0 Å². The minimum atomic E-state index is -0.289. The predicted octanol–water partition coefficient (Wildman–Crippen LogP) is 4.71. The average Bonchev–Trinajstić information content (AvgIpc) is 2.87. The van der Waals surface area contributed by atoms with Crippen LogP contribution in [0.25, 0.3) is 0 Å². The summed E-state index contributed by atoms with van der Waals surface area (Å²) in [5, 5.41) is 0. The molecule has 0 saturated carbocycles. The predicted molar refractivity (Wildman–Crippen MR) is 84.3 cm³/mol. The number of halogens is 1. The van der Waals surface area contributed by atoms with Crippen molar-refractivity contribution in [1.29, 1.82) is 0 Å². The van der Waals surface area contributed by atoms with E-state index >= 15 is 0 Å². The Kier molecular flexibility index (Phi) is 3.54. The fourth-order valence-corrected chi connectivity index (χ4v) is 3.69. The van der Waals surface area contributed by atoms with Gasteiger partial charge in [-0.1, -0.05) is 26.8 Å². The number of fused-ring (bicyclic) bond motifs is 1. The van der Waals surface area contributed by atoms with Crippen LogP contribution in [-0.2, 0) is 5.41 Å². The molecule has 3 rings (SSSR count). The van der Waals surface area contributed by atoms with Crippen LogP contribution in [0, 0.1) is 5.82 Å². The Labute approximate surface area is 128 Å². The van der Waals surface area contributed by atoms with Crippen molar-refractivity contribution in [3.8, 4) is 5.75 Å². The normalized spacial score (nSPS) is 21.8. The van der Waals surface area contributed by atoms with Crippen LogP contribution in [0.5, 0.6) is 5.75 Å². The van der Waals surface area contributed by atoms with E-state index in [1.807, 2.05) is 0 Å². The minimum Gasteiger partial charge on any atom is -0.484 e. The standard InChI is InChI=1S/C17H20FNOS/c1-17(2,3)16-7-6-15(21-16)14-9-12(19)11-5-4-10(18)8-13(11)20-14/h4-8,12,14H,9,19H2,1-3H3. The van der Waals surface area contributed by atoms with Gasteiger partial charge in [0.2, 0.25) is 0 Å². The molecule has 0 aliphatic carbocycles. The highest BCUT2D eigenvalue weighted by Gasteiger charge is 2.29. The number of thiophene rings is 1. The van der Waals surface area contributed by atoms with Gasteiger partial charge in [-0.25, -0.2) is 4.39 Å². The smallest absolute Gasteiger partial charge is 0.135 e. The lowest BCUT2D eigenvalue weighted by atomic mass is 9.94. The molecule has 21 heavy (non-hydrogen) atoms. The molecule has 2 unspecified atom stereocenters. The summed E-state index contributed by atoms with van der Waals surface area (Å²) in [5.74, 6) is 0.285. The molecule has 0 bridgehead atoms. The molecule has 1 aromatic heterocycles. The van der Waals surface area contributed by atoms with Crippen LogP contribution in [0.15, 0.2) is 30.3 Å². The van der Waals surface area contributed by atoms with Crippen molar-refractivity contribution >= 4 is 11.3 Å². The van der Waals surface area contributed by atoms with E-state index in [1.54, 1.807) is 17.4 Å².